The summed E-state index contributed by atoms with van der Waals surface area (Å²) in [6.07, 6.45) is 3.55. The van der Waals surface area contributed by atoms with Gasteiger partial charge in [-0.1, -0.05) is 39.2 Å². The topological polar surface area (TPSA) is 20.2 Å². The van der Waals surface area contributed by atoms with Crippen LogP contribution in [-0.4, -0.2) is 5.11 Å². The highest BCUT2D eigenvalue weighted by atomic mass is 16.3. The van der Waals surface area contributed by atoms with Crippen LogP contribution in [0, 0.1) is 0 Å². The van der Waals surface area contributed by atoms with Gasteiger partial charge in [-0.25, -0.2) is 0 Å². The fraction of sp³-hybridized carbons (Fsp3) is 0.231. The van der Waals surface area contributed by atoms with E-state index in [2.05, 4.69) is 27.0 Å². The lowest BCUT2D eigenvalue weighted by molar-refractivity contribution is 0.474. The molecule has 0 aliphatic rings. The van der Waals surface area contributed by atoms with E-state index in [0.717, 1.165) is 16.7 Å². The lowest BCUT2D eigenvalue weighted by Crippen LogP contribution is -1.94. The van der Waals surface area contributed by atoms with E-state index < -0.39 is 0 Å². The summed E-state index contributed by atoms with van der Waals surface area (Å²) in [6.45, 7) is 11.7. The van der Waals surface area contributed by atoms with Crippen molar-refractivity contribution in [3.05, 3.63) is 42.0 Å². The van der Waals surface area contributed by atoms with Gasteiger partial charge in [0.2, 0.25) is 0 Å². The third-order valence-electron chi connectivity index (χ3n) is 2.27. The largest absolute Gasteiger partial charge is 0.508 e. The molecule has 0 aromatic heterocycles. The monoisotopic (exact) mass is 188 g/mol. The molecule has 0 amide bonds. The summed E-state index contributed by atoms with van der Waals surface area (Å²) in [5.74, 6) is 0.656. The van der Waals surface area contributed by atoms with Gasteiger partial charge in [-0.05, 0) is 34.7 Å². The summed E-state index contributed by atoms with van der Waals surface area (Å²) in [6, 6.07) is 3.49. The molecule has 0 bridgehead atoms. The molecule has 0 saturated heterocycles. The van der Waals surface area contributed by atoms with Crippen LogP contribution in [0.1, 0.15) is 36.5 Å². The van der Waals surface area contributed by atoms with Gasteiger partial charge in [0, 0.05) is 0 Å². The highest BCUT2D eigenvalue weighted by Gasteiger charge is 2.08. The summed E-state index contributed by atoms with van der Waals surface area (Å²) in [5.41, 5.74) is 3.10. The Bertz CT molecular complexity index is 362. The molecule has 1 aromatic carbocycles. The van der Waals surface area contributed by atoms with Crippen LogP contribution in [0.2, 0.25) is 0 Å². The Hall–Kier alpha value is -1.50. The van der Waals surface area contributed by atoms with Crippen molar-refractivity contribution in [2.24, 2.45) is 0 Å². The molecule has 0 unspecified atom stereocenters. The first-order valence-electron chi connectivity index (χ1n) is 4.72. The number of rotatable bonds is 3. The second-order valence-electron chi connectivity index (χ2n) is 3.60. The van der Waals surface area contributed by atoms with Crippen molar-refractivity contribution in [2.75, 3.05) is 0 Å². The maximum Gasteiger partial charge on any atom is 0.116 e. The van der Waals surface area contributed by atoms with Crippen LogP contribution in [0.5, 0.6) is 5.75 Å². The number of hydrogen-bond donors (Lipinski definition) is 1. The van der Waals surface area contributed by atoms with Gasteiger partial charge in [-0.3, -0.25) is 0 Å². The Morgan fingerprint density at radius 2 is 1.86 bits per heavy atom. The predicted octanol–water partition coefficient (Wildman–Crippen LogP) is 3.80. The van der Waals surface area contributed by atoms with E-state index in [9.17, 15) is 5.11 Å². The maximum absolute atomic E-state index is 9.51. The lowest BCUT2D eigenvalue weighted by Gasteiger charge is -2.13. The Balaban J connectivity index is 3.46. The van der Waals surface area contributed by atoms with Crippen molar-refractivity contribution in [1.82, 2.24) is 0 Å². The summed E-state index contributed by atoms with van der Waals surface area (Å²) in [4.78, 5) is 0. The zero-order valence-corrected chi connectivity index (χ0v) is 8.75. The van der Waals surface area contributed by atoms with E-state index in [4.69, 9.17) is 0 Å². The number of hydrogen-bond acceptors (Lipinski definition) is 1. The van der Waals surface area contributed by atoms with Gasteiger partial charge in [-0.2, -0.15) is 0 Å². The van der Waals surface area contributed by atoms with Gasteiger partial charge in [0.1, 0.15) is 5.75 Å². The van der Waals surface area contributed by atoms with Crippen LogP contribution in [-0.2, 0) is 0 Å². The minimum Gasteiger partial charge on any atom is -0.508 e. The zero-order valence-electron chi connectivity index (χ0n) is 8.75. The van der Waals surface area contributed by atoms with Crippen molar-refractivity contribution in [3.8, 4) is 5.75 Å². The molecule has 0 saturated carbocycles. The fourth-order valence-electron chi connectivity index (χ4n) is 1.56. The SMILES string of the molecule is C=Cc1cc(O)cc(C(C)C)c1C=C. The number of phenolic OH excluding ortho intramolecular Hbond substituents is 1. The number of benzene rings is 1. The molecule has 74 valence electrons. The summed E-state index contributed by atoms with van der Waals surface area (Å²) in [7, 11) is 0. The molecule has 0 radical (unpaired) electrons. The average Bonchev–Trinajstić information content (AvgIpc) is 2.16. The predicted molar refractivity (Wildman–Crippen MR) is 62.4 cm³/mol. The Labute approximate surface area is 85.4 Å². The van der Waals surface area contributed by atoms with E-state index in [-0.39, 0.29) is 5.75 Å². The Kier molecular flexibility index (Phi) is 3.13. The first kappa shape index (κ1) is 10.6. The zero-order chi connectivity index (χ0) is 10.7. The molecule has 1 nitrogen and oxygen atoms in total. The molecule has 1 rings (SSSR count). The van der Waals surface area contributed by atoms with Crippen molar-refractivity contribution in [1.29, 1.82) is 0 Å². The van der Waals surface area contributed by atoms with Crippen LogP contribution in [0.3, 0.4) is 0 Å². The van der Waals surface area contributed by atoms with Crippen molar-refractivity contribution in [2.45, 2.75) is 19.8 Å². The van der Waals surface area contributed by atoms with E-state index in [1.165, 1.54) is 0 Å². The molecule has 0 spiro atoms. The van der Waals surface area contributed by atoms with Crippen molar-refractivity contribution >= 4 is 12.2 Å². The molecule has 0 fully saturated rings. The van der Waals surface area contributed by atoms with Gasteiger partial charge >= 0.3 is 0 Å². The van der Waals surface area contributed by atoms with Gasteiger partial charge in [0.05, 0.1) is 0 Å². The molecule has 0 heterocycles. The molecular formula is C13H16O. The van der Waals surface area contributed by atoms with Crippen molar-refractivity contribution in [3.63, 3.8) is 0 Å². The minimum atomic E-state index is 0.286. The van der Waals surface area contributed by atoms with Crippen LogP contribution in [0.4, 0.5) is 0 Å². The van der Waals surface area contributed by atoms with Crippen LogP contribution in [0.25, 0.3) is 12.2 Å². The fourth-order valence-corrected chi connectivity index (χ4v) is 1.56. The summed E-state index contributed by atoms with van der Waals surface area (Å²) in [5, 5.41) is 9.51. The molecular weight excluding hydrogens is 172 g/mol. The highest BCUT2D eigenvalue weighted by molar-refractivity contribution is 5.68. The standard InChI is InChI=1S/C13H16O/c1-5-10-7-11(14)8-13(9(3)4)12(10)6-2/h5-9,14H,1-2H2,3-4H3. The number of phenols is 1. The Morgan fingerprint density at radius 3 is 2.29 bits per heavy atom. The second kappa shape index (κ2) is 4.14. The molecule has 14 heavy (non-hydrogen) atoms. The van der Waals surface area contributed by atoms with Crippen LogP contribution >= 0.6 is 0 Å². The third kappa shape index (κ3) is 1.87. The Morgan fingerprint density at radius 1 is 1.21 bits per heavy atom. The highest BCUT2D eigenvalue weighted by Crippen LogP contribution is 2.29. The summed E-state index contributed by atoms with van der Waals surface area (Å²) >= 11 is 0. The third-order valence-corrected chi connectivity index (χ3v) is 2.27. The van der Waals surface area contributed by atoms with Crippen LogP contribution < -0.4 is 0 Å². The molecule has 0 aliphatic heterocycles. The van der Waals surface area contributed by atoms with E-state index in [1.807, 2.05) is 6.08 Å². The average molecular weight is 188 g/mol. The molecule has 1 aromatic rings. The summed E-state index contributed by atoms with van der Waals surface area (Å²) < 4.78 is 0. The first-order valence-corrected chi connectivity index (χ1v) is 4.72. The number of aromatic hydroxyl groups is 1. The minimum absolute atomic E-state index is 0.286. The second-order valence-corrected chi connectivity index (χ2v) is 3.60. The normalized spacial score (nSPS) is 10.2. The van der Waals surface area contributed by atoms with Gasteiger partial charge in [0.15, 0.2) is 0 Å². The lowest BCUT2D eigenvalue weighted by atomic mass is 9.93. The smallest absolute Gasteiger partial charge is 0.116 e. The maximum atomic E-state index is 9.51. The molecule has 1 N–H and O–H groups in total. The van der Waals surface area contributed by atoms with Gasteiger partial charge < -0.3 is 5.11 Å². The van der Waals surface area contributed by atoms with Gasteiger partial charge in [-0.15, -0.1) is 0 Å². The first-order chi connectivity index (χ1) is 6.60. The van der Waals surface area contributed by atoms with Crippen LogP contribution in [0.15, 0.2) is 25.3 Å². The molecule has 0 atom stereocenters. The van der Waals surface area contributed by atoms with E-state index in [0.29, 0.717) is 5.92 Å². The van der Waals surface area contributed by atoms with Crippen molar-refractivity contribution < 1.29 is 5.11 Å². The quantitative estimate of drug-likeness (QED) is 0.764. The molecule has 1 heteroatoms. The molecule has 0 aliphatic carbocycles. The van der Waals surface area contributed by atoms with Gasteiger partial charge in [0.25, 0.3) is 0 Å². The van der Waals surface area contributed by atoms with E-state index in [1.54, 1.807) is 18.2 Å². The van der Waals surface area contributed by atoms with E-state index >= 15 is 0 Å².